The van der Waals surface area contributed by atoms with Crippen LogP contribution in [0.4, 0.5) is 0 Å². The average Bonchev–Trinajstić information content (AvgIpc) is 3.09. The average molecular weight is 308 g/mol. The van der Waals surface area contributed by atoms with Gasteiger partial charge in [-0.3, -0.25) is 9.80 Å². The Morgan fingerprint density at radius 2 is 2.19 bits per heavy atom. The van der Waals surface area contributed by atoms with E-state index in [2.05, 4.69) is 35.9 Å². The molecule has 2 N–H and O–H groups in total. The lowest BCUT2D eigenvalue weighted by molar-refractivity contribution is 0.0571. The molecule has 4 heteroatoms. The molecule has 0 aliphatic carbocycles. The molecule has 2 saturated heterocycles. The molecule has 2 heterocycles. The van der Waals surface area contributed by atoms with E-state index >= 15 is 0 Å². The highest BCUT2D eigenvalue weighted by Gasteiger charge is 2.51. The molecule has 0 saturated carbocycles. The molecule has 2 aliphatic rings. The highest BCUT2D eigenvalue weighted by molar-refractivity contribution is 6.31. The minimum absolute atomic E-state index is 0.0923. The molecule has 2 aliphatic heterocycles. The maximum atomic E-state index is 6.40. The third-order valence-corrected chi connectivity index (χ3v) is 6.15. The Morgan fingerprint density at radius 1 is 1.43 bits per heavy atom. The van der Waals surface area contributed by atoms with Crippen LogP contribution in [0.25, 0.3) is 0 Å². The quantitative estimate of drug-likeness (QED) is 0.928. The topological polar surface area (TPSA) is 32.5 Å². The van der Waals surface area contributed by atoms with Crippen molar-refractivity contribution in [2.45, 2.75) is 43.8 Å². The molecule has 0 radical (unpaired) electrons. The van der Waals surface area contributed by atoms with Crippen LogP contribution in [-0.4, -0.2) is 48.1 Å². The Morgan fingerprint density at radius 3 is 2.90 bits per heavy atom. The zero-order chi connectivity index (χ0) is 15.0. The van der Waals surface area contributed by atoms with Crippen LogP contribution in [0.2, 0.25) is 5.02 Å². The molecule has 21 heavy (non-hydrogen) atoms. The number of likely N-dealkylation sites (N-methyl/N-ethyl adjacent to an activating group) is 1. The van der Waals surface area contributed by atoms with Gasteiger partial charge in [-0.05, 0) is 51.4 Å². The zero-order valence-corrected chi connectivity index (χ0v) is 13.8. The van der Waals surface area contributed by atoms with E-state index in [-0.39, 0.29) is 11.6 Å². The van der Waals surface area contributed by atoms with Gasteiger partial charge in [0, 0.05) is 30.2 Å². The Kier molecular flexibility index (Phi) is 4.28. The normalized spacial score (nSPS) is 30.8. The first-order valence-electron chi connectivity index (χ1n) is 8.01. The molecule has 0 bridgehead atoms. The van der Waals surface area contributed by atoms with E-state index in [1.165, 1.54) is 37.9 Å². The van der Waals surface area contributed by atoms with Gasteiger partial charge in [-0.1, -0.05) is 29.8 Å². The summed E-state index contributed by atoms with van der Waals surface area (Å²) in [4.78, 5) is 5.12. The number of hydrogen-bond acceptors (Lipinski definition) is 3. The van der Waals surface area contributed by atoms with Crippen molar-refractivity contribution in [3.05, 3.63) is 34.9 Å². The van der Waals surface area contributed by atoms with Crippen LogP contribution in [0.5, 0.6) is 0 Å². The molecule has 0 spiro atoms. The third kappa shape index (κ3) is 2.40. The van der Waals surface area contributed by atoms with Crippen molar-refractivity contribution in [1.29, 1.82) is 0 Å². The summed E-state index contributed by atoms with van der Waals surface area (Å²) in [5.74, 6) is 0. The van der Waals surface area contributed by atoms with Crippen molar-refractivity contribution in [2.24, 2.45) is 5.73 Å². The molecule has 1 aromatic rings. The standard InChI is InChI=1S/C17H26ClN3/c1-13(14-6-3-4-7-15(14)18)20(2)17(12-19)9-11-21-10-5-8-16(17)21/h3-4,6-7,13,16H,5,8-12,19H2,1-2H3. The molecule has 3 nitrogen and oxygen atoms in total. The smallest absolute Gasteiger partial charge is 0.0501 e. The van der Waals surface area contributed by atoms with Crippen LogP contribution in [0.15, 0.2) is 24.3 Å². The van der Waals surface area contributed by atoms with E-state index in [1.807, 2.05) is 12.1 Å². The fourth-order valence-corrected chi connectivity index (χ4v) is 4.70. The van der Waals surface area contributed by atoms with Crippen molar-refractivity contribution < 1.29 is 0 Å². The van der Waals surface area contributed by atoms with E-state index < -0.39 is 0 Å². The summed E-state index contributed by atoms with van der Waals surface area (Å²) >= 11 is 6.40. The largest absolute Gasteiger partial charge is 0.329 e. The summed E-state index contributed by atoms with van der Waals surface area (Å²) in [6, 6.07) is 9.06. The van der Waals surface area contributed by atoms with Gasteiger partial charge in [-0.2, -0.15) is 0 Å². The highest BCUT2D eigenvalue weighted by atomic mass is 35.5. The second kappa shape index (κ2) is 5.88. The molecular weight excluding hydrogens is 282 g/mol. The van der Waals surface area contributed by atoms with Crippen LogP contribution in [-0.2, 0) is 0 Å². The summed E-state index contributed by atoms with van der Waals surface area (Å²) in [5, 5.41) is 0.852. The van der Waals surface area contributed by atoms with Gasteiger partial charge in [0.1, 0.15) is 0 Å². The Balaban J connectivity index is 1.89. The second-order valence-electron chi connectivity index (χ2n) is 6.56. The summed E-state index contributed by atoms with van der Waals surface area (Å²) in [5.41, 5.74) is 7.57. The molecular formula is C17H26ClN3. The Hall–Kier alpha value is -0.610. The van der Waals surface area contributed by atoms with E-state index in [0.29, 0.717) is 6.04 Å². The van der Waals surface area contributed by atoms with Crippen molar-refractivity contribution in [3.63, 3.8) is 0 Å². The molecule has 116 valence electrons. The van der Waals surface area contributed by atoms with Gasteiger partial charge in [0.2, 0.25) is 0 Å². The SMILES string of the molecule is CC(c1ccccc1Cl)N(C)C1(CN)CCN2CCCC21. The number of rotatable bonds is 4. The molecule has 0 amide bonds. The number of hydrogen-bond donors (Lipinski definition) is 1. The van der Waals surface area contributed by atoms with Gasteiger partial charge < -0.3 is 5.73 Å². The third-order valence-electron chi connectivity index (χ3n) is 5.81. The van der Waals surface area contributed by atoms with Gasteiger partial charge in [0.25, 0.3) is 0 Å². The monoisotopic (exact) mass is 307 g/mol. The fraction of sp³-hybridized carbons (Fsp3) is 0.647. The van der Waals surface area contributed by atoms with E-state index in [1.54, 1.807) is 0 Å². The summed E-state index contributed by atoms with van der Waals surface area (Å²) < 4.78 is 0. The maximum Gasteiger partial charge on any atom is 0.0501 e. The summed E-state index contributed by atoms with van der Waals surface area (Å²) in [7, 11) is 2.22. The second-order valence-corrected chi connectivity index (χ2v) is 6.97. The zero-order valence-electron chi connectivity index (χ0n) is 13.1. The van der Waals surface area contributed by atoms with Gasteiger partial charge in [-0.15, -0.1) is 0 Å². The van der Waals surface area contributed by atoms with E-state index in [0.717, 1.165) is 11.6 Å². The van der Waals surface area contributed by atoms with E-state index in [4.69, 9.17) is 17.3 Å². The number of fused-ring (bicyclic) bond motifs is 1. The Bertz CT molecular complexity index is 507. The molecule has 3 unspecified atom stereocenters. The number of nitrogens with two attached hydrogens (primary N) is 1. The lowest BCUT2D eigenvalue weighted by Crippen LogP contribution is -2.59. The first kappa shape index (κ1) is 15.3. The van der Waals surface area contributed by atoms with Crippen LogP contribution >= 0.6 is 11.6 Å². The van der Waals surface area contributed by atoms with Crippen LogP contribution in [0.3, 0.4) is 0 Å². The van der Waals surface area contributed by atoms with Gasteiger partial charge in [-0.25, -0.2) is 0 Å². The predicted octanol–water partition coefficient (Wildman–Crippen LogP) is 2.90. The van der Waals surface area contributed by atoms with E-state index in [9.17, 15) is 0 Å². The minimum Gasteiger partial charge on any atom is -0.329 e. The van der Waals surface area contributed by atoms with Crippen LogP contribution < -0.4 is 5.73 Å². The van der Waals surface area contributed by atoms with Crippen LogP contribution in [0, 0.1) is 0 Å². The van der Waals surface area contributed by atoms with Gasteiger partial charge in [0.05, 0.1) is 5.54 Å². The number of benzene rings is 1. The maximum absolute atomic E-state index is 6.40. The molecule has 3 atom stereocenters. The van der Waals surface area contributed by atoms with Gasteiger partial charge in [0.15, 0.2) is 0 Å². The Labute approximate surface area is 133 Å². The van der Waals surface area contributed by atoms with Crippen LogP contribution in [0.1, 0.15) is 37.8 Å². The summed E-state index contributed by atoms with van der Waals surface area (Å²) in [6.45, 7) is 5.39. The minimum atomic E-state index is 0.0923. The highest BCUT2D eigenvalue weighted by Crippen LogP contribution is 2.42. The number of halogens is 1. The molecule has 3 rings (SSSR count). The predicted molar refractivity (Wildman–Crippen MR) is 88.6 cm³/mol. The first-order chi connectivity index (χ1) is 10.1. The van der Waals surface area contributed by atoms with Crippen molar-refractivity contribution in [1.82, 2.24) is 9.80 Å². The lowest BCUT2D eigenvalue weighted by Gasteiger charge is -2.45. The molecule has 2 fully saturated rings. The fourth-order valence-electron chi connectivity index (χ4n) is 4.41. The summed E-state index contributed by atoms with van der Waals surface area (Å²) in [6.07, 6.45) is 3.75. The first-order valence-corrected chi connectivity index (χ1v) is 8.39. The van der Waals surface area contributed by atoms with Crippen molar-refractivity contribution in [2.75, 3.05) is 26.7 Å². The molecule has 1 aromatic carbocycles. The van der Waals surface area contributed by atoms with Crippen molar-refractivity contribution in [3.8, 4) is 0 Å². The van der Waals surface area contributed by atoms with Gasteiger partial charge >= 0.3 is 0 Å². The number of nitrogens with zero attached hydrogens (tertiary/aromatic N) is 2. The lowest BCUT2D eigenvalue weighted by atomic mass is 9.85. The molecule has 0 aromatic heterocycles. The van der Waals surface area contributed by atoms with Crippen molar-refractivity contribution >= 4 is 11.6 Å².